The van der Waals surface area contributed by atoms with Crippen molar-refractivity contribution in [3.63, 3.8) is 0 Å². The zero-order chi connectivity index (χ0) is 20.3. The first-order chi connectivity index (χ1) is 13.5. The lowest BCUT2D eigenvalue weighted by Gasteiger charge is -2.34. The molecule has 1 amide bonds. The Balaban J connectivity index is 1.92. The highest BCUT2D eigenvalue weighted by Crippen LogP contribution is 2.30. The van der Waals surface area contributed by atoms with Gasteiger partial charge in [-0.05, 0) is 38.3 Å². The summed E-state index contributed by atoms with van der Waals surface area (Å²) in [5.41, 5.74) is 0.900. The van der Waals surface area contributed by atoms with Crippen LogP contribution in [0.1, 0.15) is 40.5 Å². The molecule has 0 unspecified atom stereocenters. The van der Waals surface area contributed by atoms with Gasteiger partial charge in [0.2, 0.25) is 5.91 Å². The molecule has 3 rings (SSSR count). The van der Waals surface area contributed by atoms with Crippen LogP contribution < -0.4 is 5.56 Å². The zero-order valence-electron chi connectivity index (χ0n) is 16.9. The van der Waals surface area contributed by atoms with Crippen molar-refractivity contribution < 1.29 is 4.79 Å². The number of carbonyl (C=O) groups is 1. The first kappa shape index (κ1) is 20.3. The Hall–Kier alpha value is -2.47. The molecule has 0 saturated heterocycles. The molecule has 3 aromatic rings. The van der Waals surface area contributed by atoms with E-state index in [9.17, 15) is 9.59 Å². The molecule has 6 heteroatoms. The number of fused-ring (bicyclic) bond motifs is 1. The second-order valence-electron chi connectivity index (χ2n) is 7.19. The van der Waals surface area contributed by atoms with Crippen LogP contribution in [-0.4, -0.2) is 32.4 Å². The van der Waals surface area contributed by atoms with Crippen molar-refractivity contribution >= 4 is 27.5 Å². The number of benzene rings is 1. The number of aromatic nitrogens is 2. The fourth-order valence-corrected chi connectivity index (χ4v) is 4.36. The van der Waals surface area contributed by atoms with Gasteiger partial charge in [0, 0.05) is 17.0 Å². The molecular formula is C22H27N3O2S. The van der Waals surface area contributed by atoms with Gasteiger partial charge in [-0.1, -0.05) is 44.2 Å². The molecule has 2 aromatic heterocycles. The molecule has 2 heterocycles. The molecule has 0 N–H and O–H groups in total. The van der Waals surface area contributed by atoms with Gasteiger partial charge in [-0.3, -0.25) is 14.2 Å². The third kappa shape index (κ3) is 4.02. The van der Waals surface area contributed by atoms with E-state index in [-0.39, 0.29) is 30.1 Å². The number of hydrogen-bond donors (Lipinski definition) is 0. The molecule has 0 spiro atoms. The van der Waals surface area contributed by atoms with E-state index in [0.717, 1.165) is 23.3 Å². The Labute approximate surface area is 169 Å². The van der Waals surface area contributed by atoms with E-state index in [1.807, 2.05) is 41.3 Å². The second-order valence-corrected chi connectivity index (χ2v) is 8.22. The number of rotatable bonds is 7. The van der Waals surface area contributed by atoms with Crippen LogP contribution in [0.25, 0.3) is 20.7 Å². The first-order valence-corrected chi connectivity index (χ1v) is 10.6. The Morgan fingerprint density at radius 2 is 1.79 bits per heavy atom. The molecular weight excluding hydrogens is 370 g/mol. The highest BCUT2D eigenvalue weighted by Gasteiger charge is 2.24. The average Bonchev–Trinajstić information content (AvgIpc) is 3.16. The highest BCUT2D eigenvalue weighted by molar-refractivity contribution is 7.21. The summed E-state index contributed by atoms with van der Waals surface area (Å²) in [6, 6.07) is 12.1. The van der Waals surface area contributed by atoms with Crippen LogP contribution in [-0.2, 0) is 11.3 Å². The van der Waals surface area contributed by atoms with E-state index in [0.29, 0.717) is 10.2 Å². The van der Waals surface area contributed by atoms with E-state index in [1.165, 1.54) is 22.2 Å². The molecule has 2 atom stereocenters. The average molecular weight is 398 g/mol. The van der Waals surface area contributed by atoms with Crippen molar-refractivity contribution in [2.45, 2.75) is 59.2 Å². The van der Waals surface area contributed by atoms with Crippen molar-refractivity contribution in [3.8, 4) is 10.4 Å². The Kier molecular flexibility index (Phi) is 6.29. The fraction of sp³-hybridized carbons (Fsp3) is 0.409. The quantitative estimate of drug-likeness (QED) is 0.588. The van der Waals surface area contributed by atoms with Crippen LogP contribution in [0.15, 0.2) is 47.5 Å². The molecule has 0 aliphatic carbocycles. The maximum absolute atomic E-state index is 13.0. The minimum atomic E-state index is -0.162. The summed E-state index contributed by atoms with van der Waals surface area (Å²) < 4.78 is 1.43. The minimum absolute atomic E-state index is 0.0208. The molecule has 148 valence electrons. The van der Waals surface area contributed by atoms with Crippen LogP contribution in [0.2, 0.25) is 0 Å². The predicted octanol–water partition coefficient (Wildman–Crippen LogP) is 4.55. The molecule has 0 aliphatic heterocycles. The van der Waals surface area contributed by atoms with Crippen molar-refractivity contribution in [3.05, 3.63) is 53.1 Å². The summed E-state index contributed by atoms with van der Waals surface area (Å²) in [5.74, 6) is -0.0366. The van der Waals surface area contributed by atoms with Gasteiger partial charge in [-0.15, -0.1) is 11.3 Å². The predicted molar refractivity (Wildman–Crippen MR) is 116 cm³/mol. The van der Waals surface area contributed by atoms with Gasteiger partial charge >= 0.3 is 0 Å². The van der Waals surface area contributed by atoms with E-state index >= 15 is 0 Å². The Morgan fingerprint density at radius 1 is 1.14 bits per heavy atom. The largest absolute Gasteiger partial charge is 0.336 e. The number of amides is 1. The van der Waals surface area contributed by atoms with Gasteiger partial charge in [0.05, 0.1) is 11.7 Å². The summed E-state index contributed by atoms with van der Waals surface area (Å²) >= 11 is 1.50. The van der Waals surface area contributed by atoms with Gasteiger partial charge in [0.15, 0.2) is 0 Å². The van der Waals surface area contributed by atoms with Crippen molar-refractivity contribution in [2.75, 3.05) is 0 Å². The SMILES string of the molecule is CC[C@@H](C)N(C(=O)Cn1cnc2sc(-c3ccccc3)cc2c1=O)[C@@H](C)CC. The number of hydrogen-bond acceptors (Lipinski definition) is 4. The lowest BCUT2D eigenvalue weighted by Crippen LogP contribution is -2.46. The number of nitrogens with zero attached hydrogens (tertiary/aromatic N) is 3. The topological polar surface area (TPSA) is 55.2 Å². The summed E-state index contributed by atoms with van der Waals surface area (Å²) in [5, 5.41) is 0.567. The van der Waals surface area contributed by atoms with Gasteiger partial charge in [0.25, 0.3) is 5.56 Å². The highest BCUT2D eigenvalue weighted by atomic mass is 32.1. The maximum Gasteiger partial charge on any atom is 0.262 e. The van der Waals surface area contributed by atoms with Gasteiger partial charge in [-0.25, -0.2) is 4.98 Å². The Morgan fingerprint density at radius 3 is 2.39 bits per heavy atom. The van der Waals surface area contributed by atoms with E-state index < -0.39 is 0 Å². The molecule has 0 fully saturated rings. The van der Waals surface area contributed by atoms with E-state index in [1.54, 1.807) is 0 Å². The monoisotopic (exact) mass is 397 g/mol. The van der Waals surface area contributed by atoms with Crippen molar-refractivity contribution in [1.82, 2.24) is 14.5 Å². The smallest absolute Gasteiger partial charge is 0.262 e. The van der Waals surface area contributed by atoms with Crippen LogP contribution in [0.4, 0.5) is 0 Å². The maximum atomic E-state index is 13.0. The molecule has 0 saturated carbocycles. The van der Waals surface area contributed by atoms with Crippen molar-refractivity contribution in [2.24, 2.45) is 0 Å². The molecule has 5 nitrogen and oxygen atoms in total. The van der Waals surface area contributed by atoms with E-state index in [2.05, 4.69) is 32.7 Å². The molecule has 0 aliphatic rings. The van der Waals surface area contributed by atoms with Crippen molar-refractivity contribution in [1.29, 1.82) is 0 Å². The summed E-state index contributed by atoms with van der Waals surface area (Å²) in [6.45, 7) is 8.28. The normalized spacial score (nSPS) is 13.4. The minimum Gasteiger partial charge on any atom is -0.336 e. The molecule has 28 heavy (non-hydrogen) atoms. The first-order valence-electron chi connectivity index (χ1n) is 9.81. The van der Waals surface area contributed by atoms with Gasteiger partial charge < -0.3 is 4.90 Å². The third-order valence-electron chi connectivity index (χ3n) is 5.30. The zero-order valence-corrected chi connectivity index (χ0v) is 17.7. The van der Waals surface area contributed by atoms with Gasteiger partial charge in [-0.2, -0.15) is 0 Å². The Bertz CT molecular complexity index is 1000. The molecule has 0 radical (unpaired) electrons. The van der Waals surface area contributed by atoms with Crippen LogP contribution in [0.5, 0.6) is 0 Å². The second kappa shape index (κ2) is 8.69. The summed E-state index contributed by atoms with van der Waals surface area (Å²) in [7, 11) is 0. The third-order valence-corrected chi connectivity index (χ3v) is 6.39. The lowest BCUT2D eigenvalue weighted by molar-refractivity contribution is -0.136. The molecule has 1 aromatic carbocycles. The van der Waals surface area contributed by atoms with Crippen LogP contribution in [0.3, 0.4) is 0 Å². The van der Waals surface area contributed by atoms with Crippen LogP contribution in [0, 0.1) is 0 Å². The standard InChI is InChI=1S/C22H27N3O2S/c1-5-15(3)25(16(4)6-2)20(26)13-24-14-23-21-18(22(24)27)12-19(28-21)17-10-8-7-9-11-17/h7-12,14-16H,5-6,13H2,1-4H3/t15-,16+. The number of thiophene rings is 1. The van der Waals surface area contributed by atoms with Crippen LogP contribution >= 0.6 is 11.3 Å². The summed E-state index contributed by atoms with van der Waals surface area (Å²) in [6.07, 6.45) is 3.26. The van der Waals surface area contributed by atoms with Gasteiger partial charge in [0.1, 0.15) is 11.4 Å². The fourth-order valence-electron chi connectivity index (χ4n) is 3.36. The number of carbonyl (C=O) groups excluding carboxylic acids is 1. The molecule has 0 bridgehead atoms. The summed E-state index contributed by atoms with van der Waals surface area (Å²) in [4.78, 5) is 34.0. The lowest BCUT2D eigenvalue weighted by atomic mass is 10.1. The van der Waals surface area contributed by atoms with E-state index in [4.69, 9.17) is 0 Å².